The summed E-state index contributed by atoms with van der Waals surface area (Å²) in [5, 5.41) is 0.931. The van der Waals surface area contributed by atoms with Gasteiger partial charge in [-0.2, -0.15) is 26.3 Å². The van der Waals surface area contributed by atoms with Crippen LogP contribution in [0.1, 0.15) is 37.0 Å². The minimum absolute atomic E-state index is 1.33. The largest absolute Gasteiger partial charge is 0.418 e. The molecule has 0 aliphatic rings. The second-order valence-corrected chi connectivity index (χ2v) is 4.90. The molecule has 0 radical (unpaired) electrons. The van der Waals surface area contributed by atoms with E-state index in [1.807, 2.05) is 0 Å². The van der Waals surface area contributed by atoms with E-state index >= 15 is 0 Å². The third-order valence-corrected chi connectivity index (χ3v) is 3.34. The lowest BCUT2D eigenvalue weighted by Crippen LogP contribution is -2.23. The van der Waals surface area contributed by atoms with Crippen LogP contribution in [0.25, 0.3) is 21.5 Å². The molecule has 0 aromatic heterocycles. The Hall–Kier alpha value is -2.32. The highest BCUT2D eigenvalue weighted by molar-refractivity contribution is 6.06. The number of benzene rings is 3. The van der Waals surface area contributed by atoms with E-state index in [-0.39, 0.29) is 0 Å². The molecule has 0 aliphatic carbocycles. The normalized spacial score (nSPS) is 24.2. The van der Waals surface area contributed by atoms with Crippen molar-refractivity contribution in [3.05, 3.63) is 59.5 Å². The summed E-state index contributed by atoms with van der Waals surface area (Å²) in [6.07, 6.45) is -21.3. The van der Waals surface area contributed by atoms with Crippen LogP contribution >= 0.6 is 0 Å². The fraction of sp³-hybridized carbons (Fsp3) is 0.222. The number of hydrogen-bond donors (Lipinski definition) is 2. The first kappa shape index (κ1) is 8.58. The first-order chi connectivity index (χ1) is 17.2. The highest BCUT2D eigenvalue weighted by atomic mass is 19.4. The lowest BCUT2D eigenvalue weighted by Gasteiger charge is -2.24. The predicted molar refractivity (Wildman–Crippen MR) is 83.5 cm³/mol. The first-order valence-electron chi connectivity index (χ1n) is 12.4. The van der Waals surface area contributed by atoms with Crippen molar-refractivity contribution >= 4 is 21.5 Å². The highest BCUT2D eigenvalue weighted by Crippen LogP contribution is 2.46. The first-order valence-corrected chi connectivity index (χ1v) is 6.54. The molecule has 26 heavy (non-hydrogen) atoms. The molecule has 0 aliphatic heterocycles. The maximum atomic E-state index is 14.2. The third-order valence-electron chi connectivity index (χ3n) is 3.34. The van der Waals surface area contributed by atoms with Crippen LogP contribution in [-0.4, -0.2) is 25.4 Å². The van der Waals surface area contributed by atoms with E-state index in [9.17, 15) is 26.3 Å². The standard InChI is InChI=1S/C18H12F6O2/c19-17(20,21)15(25)13-9-5-1-2-6-10(9)14(16(26)18(22,23)24)12-8-4-3-7-11(12)13/h1-8,15-16,25-26H/t15-,16-/m1/s1/i1D,2D,3D,4D,5D,6D,7D,8D,15D,16D,25D,26D. The number of hydrogen-bond acceptors (Lipinski definition) is 2. The van der Waals surface area contributed by atoms with Crippen molar-refractivity contribution in [2.24, 2.45) is 0 Å². The van der Waals surface area contributed by atoms with Gasteiger partial charge in [-0.3, -0.25) is 0 Å². The third kappa shape index (κ3) is 2.99. The smallest absolute Gasteiger partial charge is 0.379 e. The molecule has 0 amide bonds. The predicted octanol–water partition coefficient (Wildman–Crippen LogP) is 5.18. The Morgan fingerprint density at radius 3 is 1.15 bits per heavy atom. The summed E-state index contributed by atoms with van der Waals surface area (Å²) >= 11 is 0. The molecule has 0 saturated heterocycles. The Labute approximate surface area is 160 Å². The van der Waals surface area contributed by atoms with E-state index in [0.29, 0.717) is 0 Å². The zero-order valence-electron chi connectivity index (χ0n) is 24.1. The summed E-state index contributed by atoms with van der Waals surface area (Å²) < 4.78 is 179. The zero-order valence-corrected chi connectivity index (χ0v) is 12.1. The zero-order chi connectivity index (χ0) is 29.5. The molecule has 8 heteroatoms. The Morgan fingerprint density at radius 1 is 0.692 bits per heavy atom. The van der Waals surface area contributed by atoms with Gasteiger partial charge < -0.3 is 10.2 Å². The average molecular weight is 386 g/mol. The second kappa shape index (κ2) is 6.14. The van der Waals surface area contributed by atoms with Gasteiger partial charge in [0.2, 0.25) is 2.86 Å². The average Bonchev–Trinajstić information content (AvgIpc) is 2.83. The van der Waals surface area contributed by atoms with E-state index in [2.05, 4.69) is 10.2 Å². The minimum Gasteiger partial charge on any atom is -0.379 e. The second-order valence-electron chi connectivity index (χ2n) is 4.90. The van der Waals surface area contributed by atoms with Gasteiger partial charge >= 0.3 is 12.4 Å². The van der Waals surface area contributed by atoms with Gasteiger partial charge in [-0.05, 0) is 21.5 Å². The quantitative estimate of drug-likeness (QED) is 0.479. The van der Waals surface area contributed by atoms with Crippen molar-refractivity contribution in [1.82, 2.24) is 0 Å². The van der Waals surface area contributed by atoms with E-state index in [4.69, 9.17) is 16.6 Å². The molecule has 3 rings (SSSR count). The summed E-state index contributed by atoms with van der Waals surface area (Å²) in [6, 6.07) is -11.4. The van der Waals surface area contributed by atoms with Crippen LogP contribution in [0.2, 0.25) is 0 Å². The SMILES string of the molecule is [2H]O[C@]([2H])(c1c2c([2H])c([2H])c([2H])c([2H])c2c([C@@]([2H])(O[2H])C(F)(F)F)c2c([2H])c([2H])c([2H])c([2H])c12)C(F)(F)F. The van der Waals surface area contributed by atoms with Gasteiger partial charge in [-0.25, -0.2) is 0 Å². The van der Waals surface area contributed by atoms with Crippen molar-refractivity contribution in [2.45, 2.75) is 24.5 Å². The number of fused-ring (bicyclic) bond motifs is 2. The van der Waals surface area contributed by atoms with Gasteiger partial charge in [0, 0.05) is 11.1 Å². The molecule has 0 saturated carbocycles. The van der Waals surface area contributed by atoms with Crippen molar-refractivity contribution in [2.75, 3.05) is 0 Å². The van der Waals surface area contributed by atoms with Crippen molar-refractivity contribution in [3.63, 3.8) is 0 Å². The molecular formula is C18H12F6O2. The molecule has 2 nitrogen and oxygen atoms in total. The van der Waals surface area contributed by atoms with Crippen LogP contribution in [0.15, 0.2) is 48.3 Å². The summed E-state index contributed by atoms with van der Waals surface area (Å²) in [5.74, 6) is 0. The summed E-state index contributed by atoms with van der Waals surface area (Å²) in [7, 11) is 0. The molecule has 0 unspecified atom stereocenters. The topological polar surface area (TPSA) is 40.5 Å². The fourth-order valence-corrected chi connectivity index (χ4v) is 2.36. The van der Waals surface area contributed by atoms with Crippen LogP contribution in [-0.2, 0) is 0 Å². The van der Waals surface area contributed by atoms with Crippen LogP contribution in [0, 0.1) is 0 Å². The summed E-state index contributed by atoms with van der Waals surface area (Å²) in [5.41, 5.74) is -3.72. The molecule has 0 bridgehead atoms. The Bertz CT molecular complexity index is 1300. The Morgan fingerprint density at radius 2 is 0.962 bits per heavy atom. The summed E-state index contributed by atoms with van der Waals surface area (Å²) in [6.45, 7) is 0. The van der Waals surface area contributed by atoms with Crippen LogP contribution in [0.5, 0.6) is 0 Å². The number of rotatable bonds is 4. The number of alkyl halides is 6. The van der Waals surface area contributed by atoms with Crippen LogP contribution in [0.4, 0.5) is 26.3 Å². The van der Waals surface area contributed by atoms with Gasteiger partial charge in [-0.15, -0.1) is 0 Å². The molecule has 2 N–H and O–H groups in total. The lowest BCUT2D eigenvalue weighted by molar-refractivity contribution is -0.206. The molecule has 3 aromatic rings. The van der Waals surface area contributed by atoms with E-state index in [0.717, 1.165) is 0 Å². The maximum absolute atomic E-state index is 14.2. The molecular weight excluding hydrogens is 362 g/mol. The van der Waals surface area contributed by atoms with Crippen LogP contribution in [0.3, 0.4) is 0 Å². The van der Waals surface area contributed by atoms with E-state index in [1.54, 1.807) is 0 Å². The minimum atomic E-state index is -5.98. The maximum Gasteiger partial charge on any atom is 0.418 e. The monoisotopic (exact) mass is 386 g/mol. The molecule has 3 aromatic carbocycles. The Balaban J connectivity index is 3.09. The van der Waals surface area contributed by atoms with Crippen LogP contribution < -0.4 is 0 Å². The van der Waals surface area contributed by atoms with Gasteiger partial charge in [0.1, 0.15) is 0 Å². The number of aliphatic hydroxyl groups is 2. The number of halogens is 6. The molecule has 0 spiro atoms. The van der Waals surface area contributed by atoms with E-state index < -0.39 is 106 Å². The van der Waals surface area contributed by atoms with Crippen molar-refractivity contribution in [3.8, 4) is 0 Å². The molecule has 0 heterocycles. The molecule has 2 atom stereocenters. The highest BCUT2D eigenvalue weighted by Gasteiger charge is 2.44. The molecule has 138 valence electrons. The van der Waals surface area contributed by atoms with Crippen molar-refractivity contribution in [1.29, 1.82) is 2.86 Å². The Kier molecular flexibility index (Phi) is 2.02. The molecule has 0 fully saturated rings. The summed E-state index contributed by atoms with van der Waals surface area (Å²) in [4.78, 5) is 0. The van der Waals surface area contributed by atoms with Gasteiger partial charge in [0.05, 0.1) is 13.7 Å². The fourth-order valence-electron chi connectivity index (χ4n) is 2.36. The van der Waals surface area contributed by atoms with Gasteiger partial charge in [-0.1, -0.05) is 48.3 Å². The van der Waals surface area contributed by atoms with Crippen molar-refractivity contribution < 1.29 is 50.3 Å². The van der Waals surface area contributed by atoms with Gasteiger partial charge in [0.15, 0.2) is 12.2 Å². The lowest BCUT2D eigenvalue weighted by atomic mass is 9.87. The van der Waals surface area contributed by atoms with Gasteiger partial charge in [0.25, 0.3) is 0 Å². The van der Waals surface area contributed by atoms with E-state index in [1.165, 1.54) is 0 Å².